The van der Waals surface area contributed by atoms with Crippen LogP contribution in [0.15, 0.2) is 48.5 Å². The maximum absolute atomic E-state index is 5.84. The molecular formula is C13H13NO2. The molecule has 0 aliphatic rings. The molecule has 0 atom stereocenters. The largest absolute Gasteiger partial charge is 0.493 e. The van der Waals surface area contributed by atoms with E-state index in [9.17, 15) is 0 Å². The van der Waals surface area contributed by atoms with E-state index in [2.05, 4.69) is 0 Å². The molecule has 0 saturated carbocycles. The third-order valence-corrected chi connectivity index (χ3v) is 2.19. The van der Waals surface area contributed by atoms with Gasteiger partial charge in [-0.1, -0.05) is 24.3 Å². The van der Waals surface area contributed by atoms with Gasteiger partial charge in [-0.25, -0.2) is 0 Å². The van der Waals surface area contributed by atoms with Gasteiger partial charge in [-0.15, -0.1) is 0 Å². The molecule has 2 aromatic rings. The van der Waals surface area contributed by atoms with Gasteiger partial charge in [0.05, 0.1) is 12.8 Å². The molecule has 0 aromatic heterocycles. The normalized spacial score (nSPS) is 9.81. The number of ether oxygens (including phenoxy) is 2. The average Bonchev–Trinajstić information content (AvgIpc) is 2.33. The topological polar surface area (TPSA) is 44.5 Å². The molecule has 0 unspecified atom stereocenters. The molecule has 2 rings (SSSR count). The number of nitrogens with two attached hydrogens (primary N) is 1. The minimum Gasteiger partial charge on any atom is -0.493 e. The lowest BCUT2D eigenvalue weighted by Crippen LogP contribution is -1.95. The summed E-state index contributed by atoms with van der Waals surface area (Å²) in [6.45, 7) is 0. The molecule has 0 aliphatic carbocycles. The summed E-state index contributed by atoms with van der Waals surface area (Å²) in [5.74, 6) is 1.92. The summed E-state index contributed by atoms with van der Waals surface area (Å²) in [5.41, 5.74) is 6.40. The van der Waals surface area contributed by atoms with Gasteiger partial charge in [0.1, 0.15) is 5.75 Å². The fourth-order valence-electron chi connectivity index (χ4n) is 1.41. The fraction of sp³-hybridized carbons (Fsp3) is 0.0769. The highest BCUT2D eigenvalue weighted by Gasteiger charge is 2.08. The molecular weight excluding hydrogens is 202 g/mol. The van der Waals surface area contributed by atoms with E-state index in [0.29, 0.717) is 17.2 Å². The first-order valence-corrected chi connectivity index (χ1v) is 4.96. The van der Waals surface area contributed by atoms with Gasteiger partial charge < -0.3 is 15.2 Å². The number of rotatable bonds is 3. The van der Waals surface area contributed by atoms with Gasteiger partial charge in [0.15, 0.2) is 11.5 Å². The van der Waals surface area contributed by atoms with Crippen LogP contribution in [0, 0.1) is 0 Å². The Morgan fingerprint density at radius 3 is 2.38 bits per heavy atom. The third-order valence-electron chi connectivity index (χ3n) is 2.19. The molecule has 0 amide bonds. The zero-order chi connectivity index (χ0) is 11.4. The molecule has 0 heterocycles. The Kier molecular flexibility index (Phi) is 2.96. The van der Waals surface area contributed by atoms with Gasteiger partial charge in [-0.2, -0.15) is 0 Å². The summed E-state index contributed by atoms with van der Waals surface area (Å²) in [7, 11) is 1.59. The molecule has 0 fully saturated rings. The fourth-order valence-corrected chi connectivity index (χ4v) is 1.41. The molecule has 0 bridgehead atoms. The van der Waals surface area contributed by atoms with Crippen molar-refractivity contribution in [2.45, 2.75) is 0 Å². The minimum atomic E-state index is 0.552. The van der Waals surface area contributed by atoms with E-state index in [-0.39, 0.29) is 0 Å². The second-order valence-electron chi connectivity index (χ2n) is 3.29. The summed E-state index contributed by atoms with van der Waals surface area (Å²) >= 11 is 0. The second-order valence-corrected chi connectivity index (χ2v) is 3.29. The van der Waals surface area contributed by atoms with Crippen molar-refractivity contribution >= 4 is 5.69 Å². The monoisotopic (exact) mass is 215 g/mol. The molecule has 3 heteroatoms. The van der Waals surface area contributed by atoms with Crippen molar-refractivity contribution < 1.29 is 9.47 Å². The van der Waals surface area contributed by atoms with Crippen molar-refractivity contribution in [3.63, 3.8) is 0 Å². The molecule has 0 radical (unpaired) electrons. The Balaban J connectivity index is 2.34. The van der Waals surface area contributed by atoms with E-state index >= 15 is 0 Å². The highest BCUT2D eigenvalue weighted by molar-refractivity contribution is 5.61. The quantitative estimate of drug-likeness (QED) is 0.800. The first-order valence-electron chi connectivity index (χ1n) is 4.96. The molecule has 2 aromatic carbocycles. The lowest BCUT2D eigenvalue weighted by atomic mass is 10.2. The van der Waals surface area contributed by atoms with Gasteiger partial charge in [-0.05, 0) is 24.3 Å². The van der Waals surface area contributed by atoms with Gasteiger partial charge in [0.2, 0.25) is 0 Å². The Bertz CT molecular complexity index is 469. The number of anilines is 1. The number of para-hydroxylation sites is 2. The Morgan fingerprint density at radius 1 is 0.938 bits per heavy atom. The van der Waals surface area contributed by atoms with Crippen molar-refractivity contribution in [1.29, 1.82) is 0 Å². The van der Waals surface area contributed by atoms with E-state index in [1.54, 1.807) is 13.2 Å². The first kappa shape index (κ1) is 10.4. The Morgan fingerprint density at radius 2 is 1.69 bits per heavy atom. The highest BCUT2D eigenvalue weighted by atomic mass is 16.5. The van der Waals surface area contributed by atoms with Gasteiger partial charge in [0.25, 0.3) is 0 Å². The number of benzene rings is 2. The smallest absolute Gasteiger partial charge is 0.192 e. The number of hydrogen-bond donors (Lipinski definition) is 1. The van der Waals surface area contributed by atoms with Crippen LogP contribution in [0.4, 0.5) is 5.69 Å². The highest BCUT2D eigenvalue weighted by Crippen LogP contribution is 2.36. The first-order chi connectivity index (χ1) is 7.81. The second kappa shape index (κ2) is 4.57. The summed E-state index contributed by atoms with van der Waals surface area (Å²) in [5, 5.41) is 0. The third kappa shape index (κ3) is 2.08. The van der Waals surface area contributed by atoms with Crippen LogP contribution in [0.25, 0.3) is 0 Å². The summed E-state index contributed by atoms with van der Waals surface area (Å²) < 4.78 is 10.9. The maximum Gasteiger partial charge on any atom is 0.192 e. The Labute approximate surface area is 94.4 Å². The molecule has 0 saturated heterocycles. The van der Waals surface area contributed by atoms with E-state index in [1.165, 1.54) is 0 Å². The number of nitrogen functional groups attached to an aromatic ring is 1. The predicted octanol–water partition coefficient (Wildman–Crippen LogP) is 3.07. The Hall–Kier alpha value is -2.16. The molecule has 82 valence electrons. The minimum absolute atomic E-state index is 0.552. The van der Waals surface area contributed by atoms with Crippen molar-refractivity contribution in [1.82, 2.24) is 0 Å². The van der Waals surface area contributed by atoms with Gasteiger partial charge in [-0.3, -0.25) is 0 Å². The van der Waals surface area contributed by atoms with Crippen LogP contribution < -0.4 is 15.2 Å². The van der Waals surface area contributed by atoms with Crippen LogP contribution in [0.3, 0.4) is 0 Å². The van der Waals surface area contributed by atoms with Crippen molar-refractivity contribution in [3.05, 3.63) is 48.5 Å². The molecule has 3 nitrogen and oxygen atoms in total. The van der Waals surface area contributed by atoms with Crippen LogP contribution in [0.1, 0.15) is 0 Å². The van der Waals surface area contributed by atoms with E-state index in [1.807, 2.05) is 42.5 Å². The average molecular weight is 215 g/mol. The molecule has 0 aliphatic heterocycles. The van der Waals surface area contributed by atoms with Crippen LogP contribution in [0.5, 0.6) is 17.2 Å². The molecule has 2 N–H and O–H groups in total. The van der Waals surface area contributed by atoms with E-state index in [0.717, 1.165) is 5.75 Å². The predicted molar refractivity (Wildman–Crippen MR) is 63.9 cm³/mol. The van der Waals surface area contributed by atoms with E-state index < -0.39 is 0 Å². The summed E-state index contributed by atoms with van der Waals surface area (Å²) in [6, 6.07) is 14.9. The SMILES string of the molecule is COc1cccc(N)c1Oc1ccccc1. The molecule has 0 spiro atoms. The number of methoxy groups -OCH3 is 1. The zero-order valence-electron chi connectivity index (χ0n) is 9.01. The van der Waals surface area contributed by atoms with Crippen molar-refractivity contribution in [3.8, 4) is 17.2 Å². The maximum atomic E-state index is 5.84. The van der Waals surface area contributed by atoms with Gasteiger partial charge >= 0.3 is 0 Å². The standard InChI is InChI=1S/C13H13NO2/c1-15-12-9-5-8-11(14)13(12)16-10-6-3-2-4-7-10/h2-9H,14H2,1H3. The van der Waals surface area contributed by atoms with Crippen LogP contribution in [-0.2, 0) is 0 Å². The van der Waals surface area contributed by atoms with Crippen LogP contribution in [0.2, 0.25) is 0 Å². The summed E-state index contributed by atoms with van der Waals surface area (Å²) in [4.78, 5) is 0. The van der Waals surface area contributed by atoms with E-state index in [4.69, 9.17) is 15.2 Å². The van der Waals surface area contributed by atoms with Gasteiger partial charge in [0, 0.05) is 0 Å². The lowest BCUT2D eigenvalue weighted by molar-refractivity contribution is 0.380. The van der Waals surface area contributed by atoms with Crippen molar-refractivity contribution in [2.75, 3.05) is 12.8 Å². The summed E-state index contributed by atoms with van der Waals surface area (Å²) in [6.07, 6.45) is 0. The van der Waals surface area contributed by atoms with Crippen LogP contribution in [-0.4, -0.2) is 7.11 Å². The molecule has 16 heavy (non-hydrogen) atoms. The zero-order valence-corrected chi connectivity index (χ0v) is 9.01. The lowest BCUT2D eigenvalue weighted by Gasteiger charge is -2.12. The van der Waals surface area contributed by atoms with Crippen LogP contribution >= 0.6 is 0 Å². The number of hydrogen-bond acceptors (Lipinski definition) is 3. The van der Waals surface area contributed by atoms with Crippen molar-refractivity contribution in [2.24, 2.45) is 0 Å².